The number of benzene rings is 2. The van der Waals surface area contributed by atoms with Crippen molar-refractivity contribution in [3.8, 4) is 0 Å². The number of halogens is 1. The molecule has 0 saturated carbocycles. The van der Waals surface area contributed by atoms with Gasteiger partial charge < -0.3 is 20.4 Å². The smallest absolute Gasteiger partial charge is 0.255 e. The summed E-state index contributed by atoms with van der Waals surface area (Å²) in [6, 6.07) is 15.5. The number of aliphatic hydroxyl groups is 2. The molecule has 2 aromatic carbocycles. The lowest BCUT2D eigenvalue weighted by atomic mass is 9.97. The van der Waals surface area contributed by atoms with E-state index in [-0.39, 0.29) is 12.6 Å². The van der Waals surface area contributed by atoms with Crippen LogP contribution in [0.5, 0.6) is 0 Å². The zero-order valence-electron chi connectivity index (χ0n) is 20.4. The first-order chi connectivity index (χ1) is 17.2. The highest BCUT2D eigenvalue weighted by Crippen LogP contribution is 2.34. The molecule has 0 bridgehead atoms. The number of carbonyl (C=O) groups is 2. The molecule has 0 spiro atoms. The van der Waals surface area contributed by atoms with Crippen molar-refractivity contribution < 1.29 is 19.8 Å². The largest absolute Gasteiger partial charge is 0.380 e. The summed E-state index contributed by atoms with van der Waals surface area (Å²) in [5, 5.41) is 26.4. The number of nitrogens with one attached hydrogen (secondary N) is 1. The van der Waals surface area contributed by atoms with Gasteiger partial charge in [0.2, 0.25) is 0 Å². The van der Waals surface area contributed by atoms with Gasteiger partial charge in [-0.2, -0.15) is 0 Å². The molecule has 3 aromatic rings. The number of amides is 2. The topological polar surface area (TPSA) is 89.9 Å². The van der Waals surface area contributed by atoms with Gasteiger partial charge in [0.05, 0.1) is 12.6 Å². The van der Waals surface area contributed by atoms with E-state index >= 15 is 0 Å². The number of rotatable bonds is 8. The first-order valence-corrected chi connectivity index (χ1v) is 13.3. The fourth-order valence-corrected chi connectivity index (χ4v) is 5.79. The van der Waals surface area contributed by atoms with E-state index in [2.05, 4.69) is 11.4 Å². The van der Waals surface area contributed by atoms with E-state index in [0.29, 0.717) is 18.0 Å². The summed E-state index contributed by atoms with van der Waals surface area (Å²) in [7, 11) is 0. The highest BCUT2D eigenvalue weighted by molar-refractivity contribution is 7.10. The van der Waals surface area contributed by atoms with Gasteiger partial charge in [0.15, 0.2) is 12.2 Å². The summed E-state index contributed by atoms with van der Waals surface area (Å²) in [6.45, 7) is 4.69. The van der Waals surface area contributed by atoms with Gasteiger partial charge in [-0.3, -0.25) is 9.59 Å². The maximum atomic E-state index is 13.1. The van der Waals surface area contributed by atoms with Gasteiger partial charge >= 0.3 is 0 Å². The molecule has 1 unspecified atom stereocenters. The lowest BCUT2D eigenvalue weighted by Gasteiger charge is -2.29. The third-order valence-corrected chi connectivity index (χ3v) is 7.99. The molecule has 2 heterocycles. The predicted molar refractivity (Wildman–Crippen MR) is 142 cm³/mol. The number of aryl methyl sites for hydroxylation is 2. The maximum absolute atomic E-state index is 13.1. The SMILES string of the molecule is Cc1ccc(C2CCCN2C(=O)[C@H](O)[C@@H](O)C(=O)NCc2cc(Cc3ccccc3Cl)cs2)c(C)c1. The molecule has 190 valence electrons. The van der Waals surface area contributed by atoms with E-state index in [1.165, 1.54) is 11.3 Å². The third kappa shape index (κ3) is 5.98. The Morgan fingerprint density at radius 1 is 1.14 bits per heavy atom. The van der Waals surface area contributed by atoms with E-state index in [1.54, 1.807) is 4.90 Å². The van der Waals surface area contributed by atoms with E-state index < -0.39 is 24.0 Å². The fourth-order valence-electron chi connectivity index (χ4n) is 4.75. The second-order valence-electron chi connectivity index (χ2n) is 9.35. The van der Waals surface area contributed by atoms with Crippen LogP contribution in [0.1, 0.15) is 51.6 Å². The average Bonchev–Trinajstić information content (AvgIpc) is 3.52. The van der Waals surface area contributed by atoms with Gasteiger partial charge in [-0.1, -0.05) is 53.6 Å². The number of carbonyl (C=O) groups excluding carboxylic acids is 2. The molecule has 1 fully saturated rings. The van der Waals surface area contributed by atoms with Gasteiger partial charge in [-0.15, -0.1) is 11.3 Å². The Bertz CT molecular complexity index is 1240. The third-order valence-electron chi connectivity index (χ3n) is 6.64. The molecule has 36 heavy (non-hydrogen) atoms. The molecule has 3 atom stereocenters. The highest BCUT2D eigenvalue weighted by atomic mass is 35.5. The van der Waals surface area contributed by atoms with E-state index in [4.69, 9.17) is 11.6 Å². The van der Waals surface area contributed by atoms with Crippen molar-refractivity contribution in [2.24, 2.45) is 0 Å². The Labute approximate surface area is 220 Å². The zero-order valence-corrected chi connectivity index (χ0v) is 22.0. The van der Waals surface area contributed by atoms with Crippen LogP contribution >= 0.6 is 22.9 Å². The number of thiophene rings is 1. The van der Waals surface area contributed by atoms with Crippen molar-refractivity contribution in [2.45, 2.75) is 57.9 Å². The fraction of sp³-hybridized carbons (Fsp3) is 0.357. The molecule has 1 aromatic heterocycles. The molecule has 2 amide bonds. The van der Waals surface area contributed by atoms with E-state index in [0.717, 1.165) is 45.5 Å². The van der Waals surface area contributed by atoms with Crippen LogP contribution in [0.4, 0.5) is 0 Å². The standard InChI is InChI=1S/C28H31ClN2O4S/c1-17-9-10-22(18(2)12-17)24-8-5-11-31(24)28(35)26(33)25(32)27(34)30-15-21-14-19(16-36-21)13-20-6-3-4-7-23(20)29/h3-4,6-7,9-10,12,14,16,24-26,32-33H,5,8,11,13,15H2,1-2H3,(H,30,34)/t24?,25-,26-/m1/s1. The highest BCUT2D eigenvalue weighted by Gasteiger charge is 2.38. The van der Waals surface area contributed by atoms with Crippen molar-refractivity contribution in [1.82, 2.24) is 10.2 Å². The van der Waals surface area contributed by atoms with Crippen LogP contribution in [0.25, 0.3) is 0 Å². The molecular formula is C28H31ClN2O4S. The number of nitrogens with zero attached hydrogens (tertiary/aromatic N) is 1. The minimum atomic E-state index is -1.85. The lowest BCUT2D eigenvalue weighted by molar-refractivity contribution is -0.153. The summed E-state index contributed by atoms with van der Waals surface area (Å²) < 4.78 is 0. The van der Waals surface area contributed by atoms with Crippen LogP contribution in [-0.4, -0.2) is 45.7 Å². The molecule has 4 rings (SSSR count). The van der Waals surface area contributed by atoms with Gasteiger partial charge in [-0.25, -0.2) is 0 Å². The Morgan fingerprint density at radius 2 is 1.92 bits per heavy atom. The van der Waals surface area contributed by atoms with Crippen molar-refractivity contribution >= 4 is 34.8 Å². The molecule has 3 N–H and O–H groups in total. The Kier molecular flexibility index (Phi) is 8.46. The summed E-state index contributed by atoms with van der Waals surface area (Å²) in [6.07, 6.45) is -1.42. The summed E-state index contributed by atoms with van der Waals surface area (Å²) in [5.41, 5.74) is 5.34. The molecule has 6 nitrogen and oxygen atoms in total. The number of likely N-dealkylation sites (tertiary alicyclic amines) is 1. The van der Waals surface area contributed by atoms with Gasteiger partial charge in [0, 0.05) is 16.4 Å². The van der Waals surface area contributed by atoms with Gasteiger partial charge in [0.25, 0.3) is 11.8 Å². The van der Waals surface area contributed by atoms with Crippen molar-refractivity contribution in [3.63, 3.8) is 0 Å². The number of hydrogen-bond acceptors (Lipinski definition) is 5. The Morgan fingerprint density at radius 3 is 2.67 bits per heavy atom. The normalized spacial score (nSPS) is 17.1. The van der Waals surface area contributed by atoms with Crippen LogP contribution in [0.2, 0.25) is 5.02 Å². The van der Waals surface area contributed by atoms with Gasteiger partial charge in [-0.05, 0) is 72.9 Å². The lowest BCUT2D eigenvalue weighted by Crippen LogP contribution is -2.50. The predicted octanol–water partition coefficient (Wildman–Crippen LogP) is 4.31. The molecule has 8 heteroatoms. The molecule has 0 aliphatic carbocycles. The average molecular weight is 527 g/mol. The van der Waals surface area contributed by atoms with Crippen LogP contribution in [-0.2, 0) is 22.6 Å². The van der Waals surface area contributed by atoms with Gasteiger partial charge in [0.1, 0.15) is 0 Å². The van der Waals surface area contributed by atoms with Crippen LogP contribution < -0.4 is 5.32 Å². The molecule has 0 radical (unpaired) electrons. The summed E-state index contributed by atoms with van der Waals surface area (Å²) in [4.78, 5) is 28.1. The quantitative estimate of drug-likeness (QED) is 0.408. The molecular weight excluding hydrogens is 496 g/mol. The van der Waals surface area contributed by atoms with Crippen LogP contribution in [0.3, 0.4) is 0 Å². The summed E-state index contributed by atoms with van der Waals surface area (Å²) >= 11 is 7.73. The van der Waals surface area contributed by atoms with Crippen molar-refractivity contribution in [1.29, 1.82) is 0 Å². The Hall–Kier alpha value is -2.71. The molecule has 1 saturated heterocycles. The van der Waals surface area contributed by atoms with Crippen molar-refractivity contribution in [3.05, 3.63) is 91.6 Å². The van der Waals surface area contributed by atoms with Crippen LogP contribution in [0.15, 0.2) is 53.9 Å². The summed E-state index contributed by atoms with van der Waals surface area (Å²) in [5.74, 6) is -1.41. The molecule has 1 aliphatic heterocycles. The number of aliphatic hydroxyl groups excluding tert-OH is 2. The first kappa shape index (κ1) is 26.4. The van der Waals surface area contributed by atoms with E-state index in [9.17, 15) is 19.8 Å². The maximum Gasteiger partial charge on any atom is 0.255 e. The number of hydrogen-bond donors (Lipinski definition) is 3. The molecule has 1 aliphatic rings. The van der Waals surface area contributed by atoms with Crippen LogP contribution in [0, 0.1) is 13.8 Å². The second-order valence-corrected chi connectivity index (χ2v) is 10.7. The van der Waals surface area contributed by atoms with E-state index in [1.807, 2.05) is 61.7 Å². The first-order valence-electron chi connectivity index (χ1n) is 12.1. The second kappa shape index (κ2) is 11.6. The minimum absolute atomic E-state index is 0.175. The zero-order chi connectivity index (χ0) is 25.8. The minimum Gasteiger partial charge on any atom is -0.380 e. The monoisotopic (exact) mass is 526 g/mol. The van der Waals surface area contributed by atoms with Crippen molar-refractivity contribution in [2.75, 3.05) is 6.54 Å². The Balaban J connectivity index is 1.34.